The summed E-state index contributed by atoms with van der Waals surface area (Å²) in [5.41, 5.74) is 3.11. The lowest BCUT2D eigenvalue weighted by Crippen LogP contribution is -2.31. The van der Waals surface area contributed by atoms with Gasteiger partial charge in [-0.05, 0) is 60.5 Å². The molecule has 3 heterocycles. The van der Waals surface area contributed by atoms with Crippen molar-refractivity contribution in [1.29, 1.82) is 0 Å². The fourth-order valence-corrected chi connectivity index (χ4v) is 4.60. The molecule has 0 spiro atoms. The Balaban J connectivity index is 1.69. The summed E-state index contributed by atoms with van der Waals surface area (Å²) in [7, 11) is 0. The van der Waals surface area contributed by atoms with Crippen LogP contribution in [-0.2, 0) is 4.79 Å². The van der Waals surface area contributed by atoms with Crippen LogP contribution in [0.4, 0.5) is 11.6 Å². The van der Waals surface area contributed by atoms with Crippen LogP contribution in [0.3, 0.4) is 0 Å². The predicted molar refractivity (Wildman–Crippen MR) is 126 cm³/mol. The van der Waals surface area contributed by atoms with Crippen molar-refractivity contribution in [3.8, 4) is 0 Å². The number of aromatic nitrogens is 3. The number of anilines is 2. The zero-order valence-electron chi connectivity index (χ0n) is 17.6. The standard InChI is InChI=1S/C22H24BrN5O2S/c1-4-5-12-31-22-26-21-24-14(3)18(20(29)25-15-8-6-13(2)7-9-15)19(28(21)27-22)16-10-11-17(23)30-16/h6-11,19H,4-5,12H2,1-3H3,(H,25,29)(H,24,26,27). The van der Waals surface area contributed by atoms with Crippen LogP contribution in [0.1, 0.15) is 44.1 Å². The van der Waals surface area contributed by atoms with E-state index < -0.39 is 6.04 Å². The van der Waals surface area contributed by atoms with Gasteiger partial charge in [0, 0.05) is 17.1 Å². The molecule has 0 saturated carbocycles. The van der Waals surface area contributed by atoms with Gasteiger partial charge in [-0.15, -0.1) is 5.10 Å². The summed E-state index contributed by atoms with van der Waals surface area (Å²) < 4.78 is 8.19. The second-order valence-corrected chi connectivity index (χ2v) is 9.24. The van der Waals surface area contributed by atoms with Crippen molar-refractivity contribution in [1.82, 2.24) is 14.8 Å². The average Bonchev–Trinajstić information content (AvgIpc) is 3.34. The molecule has 2 N–H and O–H groups in total. The van der Waals surface area contributed by atoms with E-state index in [0.717, 1.165) is 29.8 Å². The number of rotatable bonds is 7. The molecule has 9 heteroatoms. The summed E-state index contributed by atoms with van der Waals surface area (Å²) in [6.45, 7) is 6.04. The van der Waals surface area contributed by atoms with E-state index in [1.165, 1.54) is 0 Å². The zero-order valence-corrected chi connectivity index (χ0v) is 20.0. The van der Waals surface area contributed by atoms with Crippen LogP contribution in [0.5, 0.6) is 0 Å². The van der Waals surface area contributed by atoms with Crippen molar-refractivity contribution in [3.63, 3.8) is 0 Å². The first-order valence-electron chi connectivity index (χ1n) is 10.2. The molecule has 1 aromatic carbocycles. The van der Waals surface area contributed by atoms with Gasteiger partial charge in [-0.1, -0.05) is 42.8 Å². The zero-order chi connectivity index (χ0) is 22.0. The molecule has 1 atom stereocenters. The molecule has 7 nitrogen and oxygen atoms in total. The Morgan fingerprint density at radius 2 is 2.03 bits per heavy atom. The number of nitrogens with zero attached hydrogens (tertiary/aromatic N) is 3. The maximum atomic E-state index is 13.4. The van der Waals surface area contributed by atoms with Gasteiger partial charge in [0.25, 0.3) is 5.91 Å². The number of hydrogen-bond acceptors (Lipinski definition) is 6. The van der Waals surface area contributed by atoms with Crippen molar-refractivity contribution in [2.45, 2.75) is 44.8 Å². The van der Waals surface area contributed by atoms with Crippen LogP contribution in [0.15, 0.2) is 61.9 Å². The van der Waals surface area contributed by atoms with E-state index >= 15 is 0 Å². The first-order valence-corrected chi connectivity index (χ1v) is 11.9. The second-order valence-electron chi connectivity index (χ2n) is 7.39. The van der Waals surface area contributed by atoms with Crippen LogP contribution >= 0.6 is 27.7 Å². The largest absolute Gasteiger partial charge is 0.452 e. The number of allylic oxidation sites excluding steroid dienone is 1. The molecule has 0 aliphatic carbocycles. The summed E-state index contributed by atoms with van der Waals surface area (Å²) >= 11 is 4.98. The van der Waals surface area contributed by atoms with E-state index in [9.17, 15) is 4.79 Å². The first kappa shape index (κ1) is 21.7. The van der Waals surface area contributed by atoms with Gasteiger partial charge >= 0.3 is 0 Å². The molecule has 31 heavy (non-hydrogen) atoms. The minimum Gasteiger partial charge on any atom is -0.452 e. The summed E-state index contributed by atoms with van der Waals surface area (Å²) in [4.78, 5) is 18.0. The summed E-state index contributed by atoms with van der Waals surface area (Å²) in [5.74, 6) is 1.94. The molecular formula is C22H24BrN5O2S. The molecule has 4 rings (SSSR count). The Bertz CT molecular complexity index is 1120. The number of fused-ring (bicyclic) bond motifs is 1. The van der Waals surface area contributed by atoms with Crippen LogP contribution in [0.2, 0.25) is 0 Å². The van der Waals surface area contributed by atoms with Crippen LogP contribution in [0.25, 0.3) is 0 Å². The predicted octanol–water partition coefficient (Wildman–Crippen LogP) is 5.76. The van der Waals surface area contributed by atoms with Gasteiger partial charge in [-0.3, -0.25) is 4.79 Å². The second kappa shape index (κ2) is 9.32. The molecule has 3 aromatic rings. The van der Waals surface area contributed by atoms with Crippen molar-refractivity contribution in [2.75, 3.05) is 16.4 Å². The Hall–Kier alpha value is -2.52. The quantitative estimate of drug-likeness (QED) is 0.316. The highest BCUT2D eigenvalue weighted by molar-refractivity contribution is 9.10. The summed E-state index contributed by atoms with van der Waals surface area (Å²) in [6, 6.07) is 10.8. The minimum atomic E-state index is -0.527. The molecule has 2 aromatic heterocycles. The van der Waals surface area contributed by atoms with E-state index in [4.69, 9.17) is 9.52 Å². The molecule has 1 aliphatic rings. The molecule has 0 radical (unpaired) electrons. The number of hydrogen-bond donors (Lipinski definition) is 2. The number of unbranched alkanes of at least 4 members (excludes halogenated alkanes) is 1. The molecule has 1 aliphatic heterocycles. The fourth-order valence-electron chi connectivity index (χ4n) is 3.37. The smallest absolute Gasteiger partial charge is 0.256 e. The number of nitrogens with one attached hydrogen (secondary N) is 2. The highest BCUT2D eigenvalue weighted by atomic mass is 79.9. The van der Waals surface area contributed by atoms with E-state index in [1.54, 1.807) is 16.4 Å². The van der Waals surface area contributed by atoms with Crippen LogP contribution in [0, 0.1) is 6.92 Å². The lowest BCUT2D eigenvalue weighted by Gasteiger charge is -2.27. The van der Waals surface area contributed by atoms with Gasteiger partial charge in [-0.25, -0.2) is 4.68 Å². The maximum absolute atomic E-state index is 13.4. The number of carbonyl (C=O) groups excluding carboxylic acids is 1. The van der Waals surface area contributed by atoms with Crippen molar-refractivity contribution >= 4 is 45.2 Å². The number of thioether (sulfide) groups is 1. The molecule has 162 valence electrons. The normalized spacial score (nSPS) is 15.5. The number of amides is 1. The third kappa shape index (κ3) is 4.72. The van der Waals surface area contributed by atoms with E-state index in [0.29, 0.717) is 32.8 Å². The Labute approximate surface area is 193 Å². The topological polar surface area (TPSA) is 85.0 Å². The molecule has 1 amide bonds. The first-order chi connectivity index (χ1) is 15.0. The summed E-state index contributed by atoms with van der Waals surface area (Å²) in [6.07, 6.45) is 2.21. The molecular weight excluding hydrogens is 478 g/mol. The number of halogens is 1. The van der Waals surface area contributed by atoms with Gasteiger partial charge in [0.05, 0.1) is 5.57 Å². The van der Waals surface area contributed by atoms with E-state index in [-0.39, 0.29) is 5.91 Å². The number of carbonyl (C=O) groups is 1. The van der Waals surface area contributed by atoms with Gasteiger partial charge in [0.15, 0.2) is 4.67 Å². The SMILES string of the molecule is CCCCSc1nc2n(n1)C(c1ccc(Br)o1)C(C(=O)Nc1ccc(C)cc1)=C(C)N2. The Morgan fingerprint density at radius 1 is 1.26 bits per heavy atom. The number of furan rings is 1. The lowest BCUT2D eigenvalue weighted by atomic mass is 10.00. The van der Waals surface area contributed by atoms with Crippen LogP contribution in [-0.4, -0.2) is 26.4 Å². The van der Waals surface area contributed by atoms with Gasteiger partial charge in [-0.2, -0.15) is 4.98 Å². The molecule has 0 fully saturated rings. The van der Waals surface area contributed by atoms with Crippen molar-refractivity contribution in [2.24, 2.45) is 0 Å². The minimum absolute atomic E-state index is 0.215. The van der Waals surface area contributed by atoms with E-state index in [2.05, 4.69) is 38.5 Å². The molecule has 1 unspecified atom stereocenters. The maximum Gasteiger partial charge on any atom is 0.256 e. The highest BCUT2D eigenvalue weighted by Crippen LogP contribution is 2.38. The Morgan fingerprint density at radius 3 is 2.71 bits per heavy atom. The van der Waals surface area contributed by atoms with Gasteiger partial charge in [0.1, 0.15) is 11.8 Å². The third-order valence-corrected chi connectivity index (χ3v) is 6.33. The fraction of sp³-hybridized carbons (Fsp3) is 0.318. The van der Waals surface area contributed by atoms with Crippen molar-refractivity contribution < 1.29 is 9.21 Å². The number of benzene rings is 1. The van der Waals surface area contributed by atoms with Crippen molar-refractivity contribution in [3.05, 3.63) is 63.7 Å². The molecule has 0 saturated heterocycles. The molecule has 0 bridgehead atoms. The Kier molecular flexibility index (Phi) is 6.52. The summed E-state index contributed by atoms with van der Waals surface area (Å²) in [5, 5.41) is 11.6. The van der Waals surface area contributed by atoms with E-state index in [1.807, 2.05) is 50.2 Å². The average molecular weight is 502 g/mol. The third-order valence-electron chi connectivity index (χ3n) is 4.98. The monoisotopic (exact) mass is 501 g/mol. The lowest BCUT2D eigenvalue weighted by molar-refractivity contribution is -0.113. The van der Waals surface area contributed by atoms with Gasteiger partial charge in [0.2, 0.25) is 11.1 Å². The van der Waals surface area contributed by atoms with Gasteiger partial charge < -0.3 is 15.1 Å². The van der Waals surface area contributed by atoms with Crippen LogP contribution < -0.4 is 10.6 Å². The highest BCUT2D eigenvalue weighted by Gasteiger charge is 2.36. The number of aryl methyl sites for hydroxylation is 1.